The van der Waals surface area contributed by atoms with Crippen LogP contribution in [0.25, 0.3) is 0 Å². The summed E-state index contributed by atoms with van der Waals surface area (Å²) in [6.07, 6.45) is 3.23. The molecule has 5 nitrogen and oxygen atoms in total. The Morgan fingerprint density at radius 2 is 2.09 bits per heavy atom. The van der Waals surface area contributed by atoms with Gasteiger partial charge < -0.3 is 20.1 Å². The first-order valence-corrected chi connectivity index (χ1v) is 8.41. The Morgan fingerprint density at radius 3 is 2.74 bits per heavy atom. The average Bonchev–Trinajstić information content (AvgIpc) is 3.07. The van der Waals surface area contributed by atoms with E-state index in [9.17, 15) is 4.79 Å². The summed E-state index contributed by atoms with van der Waals surface area (Å²) < 4.78 is 10.8. The van der Waals surface area contributed by atoms with Crippen LogP contribution in [0.1, 0.15) is 24.8 Å². The van der Waals surface area contributed by atoms with E-state index in [0.717, 1.165) is 44.7 Å². The van der Waals surface area contributed by atoms with Crippen LogP contribution >= 0.6 is 0 Å². The van der Waals surface area contributed by atoms with Gasteiger partial charge in [-0.15, -0.1) is 0 Å². The minimum absolute atomic E-state index is 0.222. The SMILES string of the molecule is COCCc1ccc(OCCCC(=O)N2CCC(CN)C2)cc1. The summed E-state index contributed by atoms with van der Waals surface area (Å²) in [5.41, 5.74) is 6.89. The van der Waals surface area contributed by atoms with Crippen LogP contribution in [0.3, 0.4) is 0 Å². The molecule has 1 atom stereocenters. The van der Waals surface area contributed by atoms with Gasteiger partial charge in [-0.2, -0.15) is 0 Å². The maximum absolute atomic E-state index is 12.1. The van der Waals surface area contributed by atoms with Crippen molar-refractivity contribution in [3.63, 3.8) is 0 Å². The number of nitrogens with two attached hydrogens (primary N) is 1. The first-order chi connectivity index (χ1) is 11.2. The lowest BCUT2D eigenvalue weighted by Crippen LogP contribution is -2.29. The van der Waals surface area contributed by atoms with Crippen LogP contribution in [0.2, 0.25) is 0 Å². The first-order valence-electron chi connectivity index (χ1n) is 8.41. The Morgan fingerprint density at radius 1 is 1.30 bits per heavy atom. The highest BCUT2D eigenvalue weighted by Crippen LogP contribution is 2.17. The summed E-state index contributed by atoms with van der Waals surface area (Å²) in [5, 5.41) is 0. The van der Waals surface area contributed by atoms with Gasteiger partial charge in [-0.3, -0.25) is 4.79 Å². The lowest BCUT2D eigenvalue weighted by atomic mass is 10.1. The molecule has 0 aromatic heterocycles. The number of hydrogen-bond donors (Lipinski definition) is 1. The molecule has 2 N–H and O–H groups in total. The van der Waals surface area contributed by atoms with E-state index in [0.29, 0.717) is 25.5 Å². The van der Waals surface area contributed by atoms with E-state index in [1.807, 2.05) is 17.0 Å². The molecule has 0 radical (unpaired) electrons. The van der Waals surface area contributed by atoms with Crippen LogP contribution in [-0.4, -0.2) is 50.8 Å². The molecule has 1 fully saturated rings. The van der Waals surface area contributed by atoms with Crippen molar-refractivity contribution >= 4 is 5.91 Å². The summed E-state index contributed by atoms with van der Waals surface area (Å²) in [4.78, 5) is 14.0. The molecular formula is C18H28N2O3. The molecule has 1 amide bonds. The standard InChI is InChI=1S/C18H28N2O3/c1-22-12-9-15-4-6-17(7-5-15)23-11-2-3-18(21)20-10-8-16(13-19)14-20/h4-7,16H,2-3,8-14,19H2,1H3. The Hall–Kier alpha value is -1.59. The van der Waals surface area contributed by atoms with Gasteiger partial charge in [0.15, 0.2) is 0 Å². The van der Waals surface area contributed by atoms with Gasteiger partial charge in [-0.25, -0.2) is 0 Å². The largest absolute Gasteiger partial charge is 0.494 e. The second kappa shape index (κ2) is 9.53. The van der Waals surface area contributed by atoms with Crippen molar-refractivity contribution in [2.45, 2.75) is 25.7 Å². The predicted molar refractivity (Wildman–Crippen MR) is 90.5 cm³/mol. The van der Waals surface area contributed by atoms with Crippen molar-refractivity contribution in [2.75, 3.05) is 40.0 Å². The average molecular weight is 320 g/mol. The molecule has 1 aliphatic rings. The number of nitrogens with zero attached hydrogens (tertiary/aromatic N) is 1. The second-order valence-electron chi connectivity index (χ2n) is 6.07. The van der Waals surface area contributed by atoms with Gasteiger partial charge in [0.1, 0.15) is 5.75 Å². The van der Waals surface area contributed by atoms with Crippen LogP contribution < -0.4 is 10.5 Å². The summed E-state index contributed by atoms with van der Waals surface area (Å²) in [6, 6.07) is 8.05. The molecule has 2 rings (SSSR count). The zero-order chi connectivity index (χ0) is 16.5. The number of rotatable bonds is 9. The van der Waals surface area contributed by atoms with Gasteiger partial charge in [0, 0.05) is 26.6 Å². The Labute approximate surface area is 138 Å². The van der Waals surface area contributed by atoms with E-state index in [-0.39, 0.29) is 5.91 Å². The molecule has 1 saturated heterocycles. The summed E-state index contributed by atoms with van der Waals surface area (Å²) in [5.74, 6) is 1.55. The number of carbonyl (C=O) groups is 1. The lowest BCUT2D eigenvalue weighted by molar-refractivity contribution is -0.130. The van der Waals surface area contributed by atoms with E-state index >= 15 is 0 Å². The van der Waals surface area contributed by atoms with E-state index < -0.39 is 0 Å². The van der Waals surface area contributed by atoms with Crippen molar-refractivity contribution in [3.8, 4) is 5.75 Å². The number of ether oxygens (including phenoxy) is 2. The molecule has 1 aliphatic heterocycles. The zero-order valence-corrected chi connectivity index (χ0v) is 14.0. The van der Waals surface area contributed by atoms with E-state index in [1.165, 1.54) is 5.56 Å². The molecule has 0 aliphatic carbocycles. The number of hydrogen-bond acceptors (Lipinski definition) is 4. The van der Waals surface area contributed by atoms with Crippen LogP contribution in [0, 0.1) is 5.92 Å². The van der Waals surface area contributed by atoms with E-state index in [1.54, 1.807) is 7.11 Å². The van der Waals surface area contributed by atoms with Crippen LogP contribution in [0.4, 0.5) is 0 Å². The number of benzene rings is 1. The number of likely N-dealkylation sites (tertiary alicyclic amines) is 1. The smallest absolute Gasteiger partial charge is 0.222 e. The molecule has 0 saturated carbocycles. The van der Waals surface area contributed by atoms with Gasteiger partial charge in [-0.1, -0.05) is 12.1 Å². The molecule has 0 spiro atoms. The number of amides is 1. The van der Waals surface area contributed by atoms with Crippen LogP contribution in [0.15, 0.2) is 24.3 Å². The Kier molecular flexibility index (Phi) is 7.36. The van der Waals surface area contributed by atoms with Gasteiger partial charge in [0.25, 0.3) is 0 Å². The molecular weight excluding hydrogens is 292 g/mol. The van der Waals surface area contributed by atoms with E-state index in [2.05, 4.69) is 12.1 Å². The minimum Gasteiger partial charge on any atom is -0.494 e. The topological polar surface area (TPSA) is 64.8 Å². The van der Waals surface area contributed by atoms with E-state index in [4.69, 9.17) is 15.2 Å². The quantitative estimate of drug-likeness (QED) is 0.705. The maximum atomic E-state index is 12.1. The third-order valence-corrected chi connectivity index (χ3v) is 4.29. The third-order valence-electron chi connectivity index (χ3n) is 4.29. The van der Waals surface area contributed by atoms with Gasteiger partial charge in [0.05, 0.1) is 13.2 Å². The number of methoxy groups -OCH3 is 1. The molecule has 23 heavy (non-hydrogen) atoms. The molecule has 0 bridgehead atoms. The molecule has 5 heteroatoms. The molecule has 1 heterocycles. The second-order valence-corrected chi connectivity index (χ2v) is 6.07. The van der Waals surface area contributed by atoms with Crippen LogP contribution in [-0.2, 0) is 16.0 Å². The summed E-state index contributed by atoms with van der Waals surface area (Å²) >= 11 is 0. The fourth-order valence-electron chi connectivity index (χ4n) is 2.80. The summed E-state index contributed by atoms with van der Waals surface area (Å²) in [6.45, 7) is 3.64. The van der Waals surface area contributed by atoms with Crippen molar-refractivity contribution in [2.24, 2.45) is 11.7 Å². The maximum Gasteiger partial charge on any atom is 0.222 e. The summed E-state index contributed by atoms with van der Waals surface area (Å²) in [7, 11) is 1.71. The molecule has 1 aromatic rings. The normalized spacial score (nSPS) is 17.5. The van der Waals surface area contributed by atoms with Crippen molar-refractivity contribution in [1.82, 2.24) is 4.90 Å². The highest BCUT2D eigenvalue weighted by molar-refractivity contribution is 5.76. The first kappa shape index (κ1) is 17.8. The monoisotopic (exact) mass is 320 g/mol. The van der Waals surface area contributed by atoms with Gasteiger partial charge in [-0.05, 0) is 49.4 Å². The van der Waals surface area contributed by atoms with Gasteiger partial charge >= 0.3 is 0 Å². The highest BCUT2D eigenvalue weighted by Gasteiger charge is 2.24. The molecule has 1 aromatic carbocycles. The van der Waals surface area contributed by atoms with Crippen molar-refractivity contribution in [3.05, 3.63) is 29.8 Å². The van der Waals surface area contributed by atoms with Gasteiger partial charge in [0.2, 0.25) is 5.91 Å². The lowest BCUT2D eigenvalue weighted by Gasteiger charge is -2.16. The molecule has 1 unspecified atom stereocenters. The van der Waals surface area contributed by atoms with Crippen molar-refractivity contribution in [1.29, 1.82) is 0 Å². The van der Waals surface area contributed by atoms with Crippen molar-refractivity contribution < 1.29 is 14.3 Å². The Balaban J connectivity index is 1.62. The zero-order valence-electron chi connectivity index (χ0n) is 14.0. The fraction of sp³-hybridized carbons (Fsp3) is 0.611. The third kappa shape index (κ3) is 5.84. The van der Waals surface area contributed by atoms with Crippen LogP contribution in [0.5, 0.6) is 5.75 Å². The highest BCUT2D eigenvalue weighted by atomic mass is 16.5. The predicted octanol–water partition coefficient (Wildman–Crippen LogP) is 1.84. The minimum atomic E-state index is 0.222. The Bertz CT molecular complexity index is 476. The molecule has 128 valence electrons. The fourth-order valence-corrected chi connectivity index (χ4v) is 2.80. The number of carbonyl (C=O) groups excluding carboxylic acids is 1.